The summed E-state index contributed by atoms with van der Waals surface area (Å²) in [6, 6.07) is 1.66. The largest absolute Gasteiger partial charge is 0.368 e. The molecule has 7 N–H and O–H groups in total. The fourth-order valence-electron chi connectivity index (χ4n) is 12.3. The number of primary amides is 1. The van der Waals surface area contributed by atoms with E-state index in [4.69, 9.17) is 5.73 Å². The molecule has 4 amide bonds. The van der Waals surface area contributed by atoms with Crippen LogP contribution in [-0.4, -0.2) is 289 Å². The second-order valence-electron chi connectivity index (χ2n) is 27.5. The summed E-state index contributed by atoms with van der Waals surface area (Å²) in [5.41, 5.74) is 3.94. The third kappa shape index (κ3) is 24.7. The van der Waals surface area contributed by atoms with Crippen molar-refractivity contribution in [1.82, 2.24) is 70.7 Å². The molecule has 0 bridgehead atoms. The molecule has 0 aromatic heterocycles. The van der Waals surface area contributed by atoms with Gasteiger partial charge in [0, 0.05) is 116 Å². The molecule has 0 spiro atoms. The third-order valence-corrected chi connectivity index (χ3v) is 16.8. The van der Waals surface area contributed by atoms with E-state index >= 15 is 0 Å². The molecule has 79 heavy (non-hydrogen) atoms. The zero-order chi connectivity index (χ0) is 60.1. The van der Waals surface area contributed by atoms with E-state index in [-0.39, 0.29) is 34.2 Å². The Hall–Kier alpha value is -2.56. The van der Waals surface area contributed by atoms with Crippen molar-refractivity contribution < 1.29 is 19.2 Å². The number of piperidine rings is 5. The van der Waals surface area contributed by atoms with Crippen LogP contribution >= 0.6 is 0 Å². The number of hydrogen-bond donors (Lipinski definition) is 6. The lowest BCUT2D eigenvalue weighted by atomic mass is 9.84. The van der Waals surface area contributed by atoms with E-state index in [1.807, 2.05) is 37.7 Å². The molecule has 0 saturated carbocycles. The Labute approximate surface area is 484 Å². The fraction of sp³-hybridized carbons (Fsp3) is 0.933. The zero-order valence-electron chi connectivity index (χ0n) is 54.8. The number of likely N-dealkylation sites (N-methyl/N-ethyl adjacent to an activating group) is 2. The van der Waals surface area contributed by atoms with Gasteiger partial charge in [-0.2, -0.15) is 0 Å². The van der Waals surface area contributed by atoms with Crippen molar-refractivity contribution in [3.05, 3.63) is 0 Å². The minimum atomic E-state index is -0.472. The Balaban J connectivity index is 0.000000365. The summed E-state index contributed by atoms with van der Waals surface area (Å²) in [4.78, 5) is 70.4. The molecule has 19 nitrogen and oxygen atoms in total. The molecule has 0 unspecified atom stereocenters. The van der Waals surface area contributed by atoms with Crippen LogP contribution in [-0.2, 0) is 19.2 Å². The van der Waals surface area contributed by atoms with Crippen LogP contribution in [0.5, 0.6) is 0 Å². The molecular formula is C60H125N15O4. The summed E-state index contributed by atoms with van der Waals surface area (Å²) in [6.07, 6.45) is 10.2. The quantitative estimate of drug-likeness (QED) is 0.0987. The molecule has 0 aliphatic carbocycles. The Morgan fingerprint density at radius 3 is 1.18 bits per heavy atom. The first-order valence-electron chi connectivity index (χ1n) is 30.6. The monoisotopic (exact) mass is 1120 g/mol. The van der Waals surface area contributed by atoms with Crippen LogP contribution in [0.25, 0.3) is 0 Å². The van der Waals surface area contributed by atoms with Gasteiger partial charge in [0.25, 0.3) is 0 Å². The maximum atomic E-state index is 13.3. The highest BCUT2D eigenvalue weighted by Crippen LogP contribution is 2.29. The SMILES string of the molecule is CC(C)NC1(C(=O)N(C)C2CCN(C)CC2)CCN(C)CC1.CC(C)NC1(C(=O)N(C)CCCN(C)C)CCN(C)CC1.CC(C)NC1(C(=O)NCC(C)(C)CN(C)C)CCN(C)CC1.CC(C)NC1(C(N)=O)CCN(C)CC1. The smallest absolute Gasteiger partial charge is 0.242 e. The van der Waals surface area contributed by atoms with Gasteiger partial charge in [-0.3, -0.25) is 19.2 Å². The fourth-order valence-corrected chi connectivity index (χ4v) is 12.3. The van der Waals surface area contributed by atoms with E-state index in [0.29, 0.717) is 42.7 Å². The van der Waals surface area contributed by atoms with Gasteiger partial charge in [-0.1, -0.05) is 13.8 Å². The standard InChI is InChI=1S/C17H34N4O.C17H36N4O.C16H34N4O.C10H21N3O/c1-14(2)18-17(8-12-20(4)13-9-17)16(22)21(5)15-6-10-19(3)11-7-15;1-14(2)19-17(8-10-21(7)11-9-17)15(22)18-12-16(3,4)13-20(5)6;1-14(2)17-16(8-12-19(5)13-9-16)15(21)20(6)11-7-10-18(3)4;1-8(2)12-10(9(11)14)4-6-13(3)7-5-10/h14-15,18H,6-13H2,1-5H3;14,19H,8-13H2,1-7H3,(H,18,22);14,17H,7-13H2,1-6H3;8,12H,4-7H2,1-3H3,(H2,11,14). The molecule has 5 saturated heterocycles. The summed E-state index contributed by atoms with van der Waals surface area (Å²) in [5.74, 6) is 0.535. The lowest BCUT2D eigenvalue weighted by Crippen LogP contribution is -2.64. The summed E-state index contributed by atoms with van der Waals surface area (Å²) < 4.78 is 0. The van der Waals surface area contributed by atoms with E-state index in [1.54, 1.807) is 0 Å². The molecule has 19 heteroatoms. The highest BCUT2D eigenvalue weighted by molar-refractivity contribution is 5.88. The topological polar surface area (TPSA) is 184 Å². The van der Waals surface area contributed by atoms with Crippen LogP contribution in [0.2, 0.25) is 0 Å². The number of amides is 4. The van der Waals surface area contributed by atoms with Crippen LogP contribution in [0.3, 0.4) is 0 Å². The number of nitrogens with two attached hydrogens (primary N) is 1. The highest BCUT2D eigenvalue weighted by atomic mass is 16.2. The number of carbonyl (C=O) groups is 4. The number of nitrogens with zero attached hydrogens (tertiary/aromatic N) is 9. The van der Waals surface area contributed by atoms with Crippen molar-refractivity contribution in [2.75, 3.05) is 169 Å². The van der Waals surface area contributed by atoms with Crippen molar-refractivity contribution in [1.29, 1.82) is 0 Å². The molecule has 5 rings (SSSR count). The van der Waals surface area contributed by atoms with Crippen molar-refractivity contribution in [2.24, 2.45) is 11.1 Å². The Bertz CT molecular complexity index is 1760. The van der Waals surface area contributed by atoms with Gasteiger partial charge >= 0.3 is 0 Å². The maximum Gasteiger partial charge on any atom is 0.242 e. The Morgan fingerprint density at radius 2 is 0.823 bits per heavy atom. The Kier molecular flexibility index (Phi) is 30.9. The minimum Gasteiger partial charge on any atom is -0.368 e. The van der Waals surface area contributed by atoms with Crippen LogP contribution in [0.15, 0.2) is 0 Å². The van der Waals surface area contributed by atoms with E-state index < -0.39 is 11.1 Å². The van der Waals surface area contributed by atoms with Gasteiger partial charge in [-0.25, -0.2) is 0 Å². The number of carbonyl (C=O) groups excluding carboxylic acids is 4. The second-order valence-corrected chi connectivity index (χ2v) is 27.5. The molecule has 5 fully saturated rings. The summed E-state index contributed by atoms with van der Waals surface area (Å²) in [5, 5.41) is 17.3. The predicted octanol–water partition coefficient (Wildman–Crippen LogP) is 2.95. The second kappa shape index (κ2) is 33.7. The van der Waals surface area contributed by atoms with Crippen LogP contribution in [0.1, 0.15) is 140 Å². The van der Waals surface area contributed by atoms with E-state index in [0.717, 1.165) is 156 Å². The maximum absolute atomic E-state index is 13.3. The van der Waals surface area contributed by atoms with E-state index in [9.17, 15) is 19.2 Å². The molecule has 5 aliphatic heterocycles. The first-order chi connectivity index (χ1) is 36.6. The Morgan fingerprint density at radius 1 is 0.494 bits per heavy atom. The lowest BCUT2D eigenvalue weighted by Gasteiger charge is -2.45. The lowest BCUT2D eigenvalue weighted by molar-refractivity contribution is -0.142. The molecule has 5 heterocycles. The van der Waals surface area contributed by atoms with E-state index in [1.165, 1.54) is 0 Å². The van der Waals surface area contributed by atoms with Crippen LogP contribution < -0.4 is 32.3 Å². The van der Waals surface area contributed by atoms with Gasteiger partial charge in [-0.15, -0.1) is 0 Å². The van der Waals surface area contributed by atoms with Gasteiger partial charge in [0.2, 0.25) is 23.6 Å². The first-order valence-corrected chi connectivity index (χ1v) is 30.6. The van der Waals surface area contributed by atoms with E-state index in [2.05, 4.69) is 180 Å². The van der Waals surface area contributed by atoms with Crippen LogP contribution in [0, 0.1) is 5.41 Å². The van der Waals surface area contributed by atoms with Gasteiger partial charge in [-0.05, 0) is 214 Å². The molecule has 0 aromatic carbocycles. The molecule has 0 radical (unpaired) electrons. The van der Waals surface area contributed by atoms with Crippen molar-refractivity contribution in [3.63, 3.8) is 0 Å². The minimum absolute atomic E-state index is 0.0731. The van der Waals surface area contributed by atoms with Gasteiger partial charge in [0.1, 0.15) is 22.2 Å². The number of hydrogen-bond acceptors (Lipinski definition) is 15. The molecule has 0 aromatic rings. The summed E-state index contributed by atoms with van der Waals surface area (Å²) in [6.45, 7) is 34.7. The van der Waals surface area contributed by atoms with Crippen molar-refractivity contribution in [3.8, 4) is 0 Å². The first kappa shape index (κ1) is 72.5. The summed E-state index contributed by atoms with van der Waals surface area (Å²) in [7, 11) is 22.9. The molecule has 5 aliphatic rings. The van der Waals surface area contributed by atoms with Crippen molar-refractivity contribution in [2.45, 2.75) is 192 Å². The number of nitrogens with one attached hydrogen (secondary N) is 5. The average molecular weight is 1120 g/mol. The number of rotatable bonds is 21. The molecule has 0 atom stereocenters. The molecular weight excluding hydrogens is 995 g/mol. The number of likely N-dealkylation sites (tertiary alicyclic amines) is 5. The molecule has 464 valence electrons. The average Bonchev–Trinajstić information content (AvgIpc) is 3.36. The predicted molar refractivity (Wildman–Crippen MR) is 330 cm³/mol. The zero-order valence-corrected chi connectivity index (χ0v) is 54.8. The van der Waals surface area contributed by atoms with Gasteiger partial charge in [0.05, 0.1) is 0 Å². The van der Waals surface area contributed by atoms with Gasteiger partial charge < -0.3 is 76.4 Å². The third-order valence-electron chi connectivity index (χ3n) is 16.8. The normalized spacial score (nSPS) is 21.5. The summed E-state index contributed by atoms with van der Waals surface area (Å²) >= 11 is 0. The van der Waals surface area contributed by atoms with Crippen molar-refractivity contribution >= 4 is 23.6 Å². The van der Waals surface area contributed by atoms with Crippen LogP contribution in [0.4, 0.5) is 0 Å². The van der Waals surface area contributed by atoms with Gasteiger partial charge in [0.15, 0.2) is 0 Å². The highest BCUT2D eigenvalue weighted by Gasteiger charge is 2.46.